The second-order valence-corrected chi connectivity index (χ2v) is 6.87. The van der Waals surface area contributed by atoms with Crippen LogP contribution in [0.25, 0.3) is 0 Å². The first kappa shape index (κ1) is 18.2. The zero-order chi connectivity index (χ0) is 19.5. The summed E-state index contributed by atoms with van der Waals surface area (Å²) < 4.78 is 1.58. The number of nitrogens with one attached hydrogen (secondary N) is 1. The molecule has 3 aromatic rings. The number of halogens is 1. The number of carbonyl (C=O) groups is 2. The first-order chi connectivity index (χ1) is 13.6. The molecule has 1 aromatic carbocycles. The third-order valence-electron chi connectivity index (χ3n) is 4.58. The molecule has 2 aromatic heterocycles. The van der Waals surface area contributed by atoms with Gasteiger partial charge in [-0.3, -0.25) is 19.3 Å². The topological polar surface area (TPSA) is 80.1 Å². The van der Waals surface area contributed by atoms with Crippen LogP contribution in [0, 0.1) is 0 Å². The Morgan fingerprint density at radius 2 is 1.96 bits per heavy atom. The molecule has 8 heteroatoms. The van der Waals surface area contributed by atoms with E-state index in [0.29, 0.717) is 36.9 Å². The summed E-state index contributed by atoms with van der Waals surface area (Å²) in [6, 6.07) is 14.5. The molecule has 2 amide bonds. The smallest absolute Gasteiger partial charge is 0.272 e. The number of hydrogen-bond donors (Lipinski definition) is 1. The lowest BCUT2D eigenvalue weighted by molar-refractivity contribution is 0.0683. The maximum Gasteiger partial charge on any atom is 0.272 e. The largest absolute Gasteiger partial charge is 0.345 e. The number of rotatable bonds is 5. The molecule has 0 spiro atoms. The zero-order valence-electron chi connectivity index (χ0n) is 15.0. The first-order valence-electron chi connectivity index (χ1n) is 8.90. The van der Waals surface area contributed by atoms with Crippen LogP contribution in [-0.4, -0.2) is 38.0 Å². The number of pyridine rings is 1. The average molecular weight is 396 g/mol. The molecule has 0 bridgehead atoms. The number of hydrogen-bond acceptors (Lipinski definition) is 4. The summed E-state index contributed by atoms with van der Waals surface area (Å²) >= 11 is 6.21. The Kier molecular flexibility index (Phi) is 5.08. The Bertz CT molecular complexity index is 1020. The van der Waals surface area contributed by atoms with Crippen LogP contribution < -0.4 is 5.32 Å². The van der Waals surface area contributed by atoms with Crippen molar-refractivity contribution in [2.45, 2.75) is 19.6 Å². The van der Waals surface area contributed by atoms with Crippen molar-refractivity contribution in [3.05, 3.63) is 82.4 Å². The molecule has 0 atom stereocenters. The molecule has 1 aliphatic heterocycles. The number of amides is 2. The Morgan fingerprint density at radius 3 is 2.75 bits per heavy atom. The van der Waals surface area contributed by atoms with Crippen molar-refractivity contribution in [2.75, 3.05) is 6.54 Å². The minimum Gasteiger partial charge on any atom is -0.345 e. The van der Waals surface area contributed by atoms with E-state index in [-0.39, 0.29) is 17.5 Å². The first-order valence-corrected chi connectivity index (χ1v) is 9.28. The van der Waals surface area contributed by atoms with Crippen molar-refractivity contribution in [3.8, 4) is 0 Å². The SMILES string of the molecule is O=C(NCc1ccccn1)c1cc2n(n1)CCN(Cc1ccccc1Cl)C2=O. The van der Waals surface area contributed by atoms with Crippen LogP contribution in [-0.2, 0) is 19.6 Å². The monoisotopic (exact) mass is 395 g/mol. The van der Waals surface area contributed by atoms with Crippen molar-refractivity contribution in [1.82, 2.24) is 25.0 Å². The summed E-state index contributed by atoms with van der Waals surface area (Å²) in [6.45, 7) is 1.76. The van der Waals surface area contributed by atoms with Gasteiger partial charge in [-0.25, -0.2) is 0 Å². The van der Waals surface area contributed by atoms with Crippen molar-refractivity contribution < 1.29 is 9.59 Å². The fourth-order valence-electron chi connectivity index (χ4n) is 3.10. The van der Waals surface area contributed by atoms with E-state index in [4.69, 9.17) is 11.6 Å². The normalized spacial score (nSPS) is 13.3. The lowest BCUT2D eigenvalue weighted by Crippen LogP contribution is -2.39. The van der Waals surface area contributed by atoms with Gasteiger partial charge < -0.3 is 10.2 Å². The molecular formula is C20H18ClN5O2. The third kappa shape index (κ3) is 3.75. The van der Waals surface area contributed by atoms with E-state index in [1.54, 1.807) is 21.8 Å². The molecular weight excluding hydrogens is 378 g/mol. The molecule has 0 radical (unpaired) electrons. The van der Waals surface area contributed by atoms with Crippen LogP contribution >= 0.6 is 11.6 Å². The van der Waals surface area contributed by atoms with Crippen LogP contribution in [0.3, 0.4) is 0 Å². The number of benzene rings is 1. The molecule has 0 saturated heterocycles. The second-order valence-electron chi connectivity index (χ2n) is 6.46. The van der Waals surface area contributed by atoms with Crippen LogP contribution in [0.2, 0.25) is 5.02 Å². The molecule has 0 unspecified atom stereocenters. The van der Waals surface area contributed by atoms with E-state index in [2.05, 4.69) is 15.4 Å². The molecule has 4 rings (SSSR count). The van der Waals surface area contributed by atoms with Gasteiger partial charge in [0.1, 0.15) is 5.69 Å². The number of aromatic nitrogens is 3. The van der Waals surface area contributed by atoms with Gasteiger partial charge in [0.15, 0.2) is 5.69 Å². The molecule has 1 N–H and O–H groups in total. The fraction of sp³-hybridized carbons (Fsp3) is 0.200. The zero-order valence-corrected chi connectivity index (χ0v) is 15.8. The van der Waals surface area contributed by atoms with Crippen molar-refractivity contribution >= 4 is 23.4 Å². The van der Waals surface area contributed by atoms with Gasteiger partial charge >= 0.3 is 0 Å². The van der Waals surface area contributed by atoms with Crippen LogP contribution in [0.1, 0.15) is 32.2 Å². The van der Waals surface area contributed by atoms with Crippen LogP contribution in [0.5, 0.6) is 0 Å². The fourth-order valence-corrected chi connectivity index (χ4v) is 3.29. The van der Waals surface area contributed by atoms with Crippen molar-refractivity contribution in [2.24, 2.45) is 0 Å². The number of carbonyl (C=O) groups excluding carboxylic acids is 2. The Balaban J connectivity index is 1.45. The lowest BCUT2D eigenvalue weighted by Gasteiger charge is -2.27. The highest BCUT2D eigenvalue weighted by atomic mass is 35.5. The quantitative estimate of drug-likeness (QED) is 0.719. The highest BCUT2D eigenvalue weighted by Crippen LogP contribution is 2.21. The predicted octanol–water partition coefficient (Wildman–Crippen LogP) is 2.52. The van der Waals surface area contributed by atoms with Gasteiger partial charge in [-0.1, -0.05) is 35.9 Å². The number of fused-ring (bicyclic) bond motifs is 1. The van der Waals surface area contributed by atoms with E-state index < -0.39 is 0 Å². The minimum absolute atomic E-state index is 0.164. The van der Waals surface area contributed by atoms with Gasteiger partial charge in [0.2, 0.25) is 0 Å². The average Bonchev–Trinajstić information content (AvgIpc) is 3.16. The molecule has 0 aliphatic carbocycles. The van der Waals surface area contributed by atoms with E-state index in [0.717, 1.165) is 11.3 Å². The molecule has 0 saturated carbocycles. The number of nitrogens with zero attached hydrogens (tertiary/aromatic N) is 4. The molecule has 3 heterocycles. The molecule has 7 nitrogen and oxygen atoms in total. The van der Waals surface area contributed by atoms with Crippen molar-refractivity contribution in [3.63, 3.8) is 0 Å². The Hall–Kier alpha value is -3.19. The van der Waals surface area contributed by atoms with Gasteiger partial charge in [-0.2, -0.15) is 5.10 Å². The summed E-state index contributed by atoms with van der Waals surface area (Å²) in [5.41, 5.74) is 2.26. The van der Waals surface area contributed by atoms with E-state index in [9.17, 15) is 9.59 Å². The third-order valence-corrected chi connectivity index (χ3v) is 4.94. The molecule has 142 valence electrons. The van der Waals surface area contributed by atoms with Gasteiger partial charge in [-0.05, 0) is 23.8 Å². The highest BCUT2D eigenvalue weighted by molar-refractivity contribution is 6.31. The molecule has 1 aliphatic rings. The second kappa shape index (κ2) is 7.82. The Morgan fingerprint density at radius 1 is 1.14 bits per heavy atom. The van der Waals surface area contributed by atoms with E-state index >= 15 is 0 Å². The summed E-state index contributed by atoms with van der Waals surface area (Å²) in [5.74, 6) is -0.500. The molecule has 0 fully saturated rings. The minimum atomic E-state index is -0.335. The van der Waals surface area contributed by atoms with Gasteiger partial charge in [-0.15, -0.1) is 0 Å². The van der Waals surface area contributed by atoms with Gasteiger partial charge in [0.05, 0.1) is 18.8 Å². The summed E-state index contributed by atoms with van der Waals surface area (Å²) in [4.78, 5) is 31.1. The van der Waals surface area contributed by atoms with Gasteiger partial charge in [0.25, 0.3) is 11.8 Å². The summed E-state index contributed by atoms with van der Waals surface area (Å²) in [7, 11) is 0. The van der Waals surface area contributed by atoms with E-state index in [1.807, 2.05) is 36.4 Å². The highest BCUT2D eigenvalue weighted by Gasteiger charge is 2.28. The summed E-state index contributed by atoms with van der Waals surface area (Å²) in [6.07, 6.45) is 1.67. The van der Waals surface area contributed by atoms with Gasteiger partial charge in [0, 0.05) is 30.4 Å². The van der Waals surface area contributed by atoms with Crippen LogP contribution in [0.4, 0.5) is 0 Å². The lowest BCUT2D eigenvalue weighted by atomic mass is 10.2. The maximum absolute atomic E-state index is 12.8. The molecule has 28 heavy (non-hydrogen) atoms. The van der Waals surface area contributed by atoms with Crippen molar-refractivity contribution in [1.29, 1.82) is 0 Å². The Labute approximate surface area is 166 Å². The van der Waals surface area contributed by atoms with E-state index in [1.165, 1.54) is 6.07 Å². The van der Waals surface area contributed by atoms with Crippen LogP contribution in [0.15, 0.2) is 54.7 Å². The summed E-state index contributed by atoms with van der Waals surface area (Å²) in [5, 5.41) is 7.69. The standard InChI is InChI=1S/C20H18ClN5O2/c21-16-7-2-1-5-14(16)13-25-9-10-26-18(20(25)28)11-17(24-26)19(27)23-12-15-6-3-4-8-22-15/h1-8,11H,9-10,12-13H2,(H,23,27). The predicted molar refractivity (Wildman–Crippen MR) is 104 cm³/mol. The maximum atomic E-state index is 12.8.